The predicted octanol–water partition coefficient (Wildman–Crippen LogP) is 6.53. The molecule has 2 aromatic heterocycles. The Balaban J connectivity index is 0.883. The fourth-order valence-corrected chi connectivity index (χ4v) is 7.58. The minimum Gasteiger partial charge on any atom is -0.420 e. The molecule has 18 nitrogen and oxygen atoms in total. The van der Waals surface area contributed by atoms with E-state index >= 15 is 0 Å². The zero-order chi connectivity index (χ0) is 55.0. The van der Waals surface area contributed by atoms with E-state index in [2.05, 4.69) is 14.7 Å². The van der Waals surface area contributed by atoms with Crippen molar-refractivity contribution in [3.8, 4) is 5.75 Å². The number of fused-ring (bicyclic) bond motifs is 1. The molecule has 0 radical (unpaired) electrons. The molecule has 4 rings (SSSR count). The lowest BCUT2D eigenvalue weighted by Gasteiger charge is -2.25. The fourth-order valence-electron chi connectivity index (χ4n) is 6.79. The van der Waals surface area contributed by atoms with Gasteiger partial charge in [0.05, 0.1) is 155 Å². The summed E-state index contributed by atoms with van der Waals surface area (Å²) in [5, 5.41) is 1.84. The first-order chi connectivity index (χ1) is 36.7. The third-order valence-electron chi connectivity index (χ3n) is 10.5. The maximum atomic E-state index is 14.3. The van der Waals surface area contributed by atoms with E-state index in [0.29, 0.717) is 130 Å². The Labute approximate surface area is 441 Å². The summed E-state index contributed by atoms with van der Waals surface area (Å²) in [5.41, 5.74) is 6.22. The molecular weight excluding hydrogens is 1040 g/mol. The first-order valence-electron chi connectivity index (χ1n) is 24.6. The maximum Gasteiger partial charge on any atom is 0.433 e. The van der Waals surface area contributed by atoms with Gasteiger partial charge in [0.1, 0.15) is 11.5 Å². The van der Waals surface area contributed by atoms with Crippen molar-refractivity contribution in [1.29, 1.82) is 0 Å². The van der Waals surface area contributed by atoms with Crippen molar-refractivity contribution in [3.63, 3.8) is 0 Å². The van der Waals surface area contributed by atoms with Crippen LogP contribution in [0.25, 0.3) is 6.08 Å². The van der Waals surface area contributed by atoms with E-state index in [9.17, 15) is 40.3 Å². The molecule has 0 atom stereocenters. The summed E-state index contributed by atoms with van der Waals surface area (Å²) in [6.07, 6.45) is -2.79. The van der Waals surface area contributed by atoms with Gasteiger partial charge in [0, 0.05) is 49.8 Å². The van der Waals surface area contributed by atoms with Crippen LogP contribution in [0, 0.1) is 23.3 Å². The highest BCUT2D eigenvalue weighted by Crippen LogP contribution is 2.34. The van der Waals surface area contributed by atoms with Gasteiger partial charge in [0.15, 0.2) is 11.6 Å². The molecule has 0 aliphatic carbocycles. The van der Waals surface area contributed by atoms with Crippen molar-refractivity contribution in [2.75, 3.05) is 152 Å². The standard InChI is InChI=1S/C50H68F7N5O13S/c1-3-8-62(49(64)37-31-42-41(7-30-76-42)60-43(58)32-37)34-36-4-5-38(59-48(36)50(55,56)57)35-61(2)9-11-66-13-15-68-17-19-70-21-23-72-25-27-74-29-28-73-26-24-71-22-20-69-18-16-67-14-12-65-10-6-44(63)75-47-45(53)39(51)33-40(52)46(47)54/h4-5,7,30-31,33H,3,6,8-29,32,34-35H2,1-2H3,(H2,58,60). The molecule has 1 aromatic carbocycles. The number of rotatable bonds is 41. The van der Waals surface area contributed by atoms with Crippen LogP contribution in [-0.4, -0.2) is 185 Å². The number of hydrogen-bond acceptors (Lipinski definition) is 18. The number of benzene rings is 1. The van der Waals surface area contributed by atoms with Gasteiger partial charge in [0.25, 0.3) is 5.91 Å². The van der Waals surface area contributed by atoms with Gasteiger partial charge in [-0.25, -0.2) is 18.8 Å². The maximum absolute atomic E-state index is 14.3. The Morgan fingerprint density at radius 2 is 1.13 bits per heavy atom. The van der Waals surface area contributed by atoms with Crippen LogP contribution in [0.15, 0.2) is 40.2 Å². The van der Waals surface area contributed by atoms with Gasteiger partial charge < -0.3 is 62.7 Å². The number of carbonyl (C=O) groups is 2. The lowest BCUT2D eigenvalue weighted by molar-refractivity contribution is -0.143. The van der Waals surface area contributed by atoms with Gasteiger partial charge in [-0.05, 0) is 37.1 Å². The molecule has 0 saturated heterocycles. The summed E-state index contributed by atoms with van der Waals surface area (Å²) in [4.78, 5) is 37.7. The van der Waals surface area contributed by atoms with Crippen LogP contribution < -0.4 is 10.5 Å². The molecule has 0 spiro atoms. The molecule has 0 saturated carbocycles. The molecule has 76 heavy (non-hydrogen) atoms. The van der Waals surface area contributed by atoms with Gasteiger partial charge in [-0.1, -0.05) is 13.0 Å². The number of hydrogen-bond donors (Lipinski definition) is 1. The van der Waals surface area contributed by atoms with Crippen molar-refractivity contribution in [3.05, 3.63) is 80.3 Å². The number of nitrogens with two attached hydrogens (primary N) is 1. The number of nitrogens with zero attached hydrogens (tertiary/aromatic N) is 4. The molecule has 426 valence electrons. The number of likely N-dealkylation sites (N-methyl/N-ethyl adjacent to an activating group) is 1. The van der Waals surface area contributed by atoms with Gasteiger partial charge in [-0.3, -0.25) is 14.5 Å². The second-order valence-corrected chi connectivity index (χ2v) is 17.5. The number of thiophene rings is 1. The summed E-state index contributed by atoms with van der Waals surface area (Å²) in [6.45, 7) is 8.74. The number of ether oxygens (including phenoxy) is 11. The molecule has 3 heterocycles. The van der Waals surface area contributed by atoms with Crippen LogP contribution in [0.2, 0.25) is 0 Å². The van der Waals surface area contributed by atoms with Gasteiger partial charge in [-0.2, -0.15) is 22.0 Å². The molecular formula is C50H68F7N5O13S. The first kappa shape index (κ1) is 63.8. The summed E-state index contributed by atoms with van der Waals surface area (Å²) in [7, 11) is 1.77. The van der Waals surface area contributed by atoms with E-state index in [0.717, 1.165) is 4.88 Å². The highest BCUT2D eigenvalue weighted by Gasteiger charge is 2.37. The van der Waals surface area contributed by atoms with Crippen molar-refractivity contribution in [2.24, 2.45) is 10.7 Å². The molecule has 1 aliphatic rings. The van der Waals surface area contributed by atoms with E-state index in [1.807, 2.05) is 17.2 Å². The van der Waals surface area contributed by atoms with E-state index in [-0.39, 0.29) is 75.6 Å². The predicted molar refractivity (Wildman–Crippen MR) is 264 cm³/mol. The van der Waals surface area contributed by atoms with Gasteiger partial charge in [-0.15, -0.1) is 11.3 Å². The number of amides is 1. The lowest BCUT2D eigenvalue weighted by atomic mass is 10.1. The SMILES string of the molecule is CCCN(Cc1ccc(CN(C)CCOCCOCCOCCOCCOCCOCCOCCOCCOCCOCCC(=O)Oc2c(F)c(F)cc(F)c2F)nc1C(F)(F)F)C(=O)C1=Cc2sccc2N=C(N)C1. The van der Waals surface area contributed by atoms with Crippen molar-refractivity contribution in [1.82, 2.24) is 14.8 Å². The number of aliphatic imine (C=N–C) groups is 1. The molecule has 3 aromatic rings. The van der Waals surface area contributed by atoms with Crippen molar-refractivity contribution < 1.29 is 92.4 Å². The Morgan fingerprint density at radius 3 is 1.61 bits per heavy atom. The molecule has 1 amide bonds. The lowest BCUT2D eigenvalue weighted by Crippen LogP contribution is -2.34. The van der Waals surface area contributed by atoms with Crippen LogP contribution in [0.4, 0.5) is 36.4 Å². The number of esters is 1. The quantitative estimate of drug-likeness (QED) is 0.0212. The largest absolute Gasteiger partial charge is 0.433 e. The fraction of sp³-hybridized carbons (Fsp3) is 0.600. The van der Waals surface area contributed by atoms with Crippen LogP contribution in [0.5, 0.6) is 5.75 Å². The highest BCUT2D eigenvalue weighted by molar-refractivity contribution is 7.11. The van der Waals surface area contributed by atoms with Crippen LogP contribution in [0.1, 0.15) is 48.0 Å². The zero-order valence-electron chi connectivity index (χ0n) is 42.8. The van der Waals surface area contributed by atoms with Crippen molar-refractivity contribution >= 4 is 40.8 Å². The summed E-state index contributed by atoms with van der Waals surface area (Å²) in [6, 6.07) is 4.76. The second kappa shape index (κ2) is 36.4. The number of alkyl halides is 3. The number of carbonyl (C=O) groups excluding carboxylic acids is 2. The van der Waals surface area contributed by atoms with E-state index in [1.165, 1.54) is 22.3 Å². The minimum absolute atomic E-state index is 0.00937. The summed E-state index contributed by atoms with van der Waals surface area (Å²) < 4.78 is 155. The van der Waals surface area contributed by atoms with Gasteiger partial charge >= 0.3 is 12.1 Å². The third-order valence-corrected chi connectivity index (χ3v) is 11.3. The number of pyridine rings is 1. The molecule has 1 aliphatic heterocycles. The second-order valence-electron chi connectivity index (χ2n) is 16.5. The number of aromatic nitrogens is 1. The van der Waals surface area contributed by atoms with Crippen LogP contribution in [0.3, 0.4) is 0 Å². The average molecular weight is 1110 g/mol. The Kier molecular flexibility index (Phi) is 30.6. The minimum atomic E-state index is -4.73. The van der Waals surface area contributed by atoms with Crippen LogP contribution in [-0.2, 0) is 76.2 Å². The Morgan fingerprint density at radius 1 is 0.658 bits per heavy atom. The normalized spacial score (nSPS) is 12.7. The molecule has 0 fully saturated rings. The topological polar surface area (TPSA) is 193 Å². The molecule has 26 heteroatoms. The van der Waals surface area contributed by atoms with E-state index in [1.54, 1.807) is 25.3 Å². The summed E-state index contributed by atoms with van der Waals surface area (Å²) in [5.74, 6) is -9.70. The van der Waals surface area contributed by atoms with E-state index < -0.39 is 59.2 Å². The van der Waals surface area contributed by atoms with Crippen LogP contribution >= 0.6 is 11.3 Å². The zero-order valence-corrected chi connectivity index (χ0v) is 43.6. The third kappa shape index (κ3) is 24.7. The van der Waals surface area contributed by atoms with Gasteiger partial charge in [0.2, 0.25) is 17.4 Å². The van der Waals surface area contributed by atoms with Crippen molar-refractivity contribution in [2.45, 2.75) is 45.5 Å². The summed E-state index contributed by atoms with van der Waals surface area (Å²) >= 11 is 1.41. The Hall–Kier alpha value is -4.71. The molecule has 0 bridgehead atoms. The Bertz CT molecular complexity index is 2220. The first-order valence-corrected chi connectivity index (χ1v) is 25.5. The molecule has 2 N–H and O–H groups in total. The number of halogens is 7. The monoisotopic (exact) mass is 1110 g/mol. The van der Waals surface area contributed by atoms with E-state index in [4.69, 9.17) is 53.1 Å². The number of amidine groups is 1. The molecule has 0 unspecified atom stereocenters. The smallest absolute Gasteiger partial charge is 0.420 e. The average Bonchev–Trinajstić information content (AvgIpc) is 3.75. The highest BCUT2D eigenvalue weighted by atomic mass is 32.1.